The summed E-state index contributed by atoms with van der Waals surface area (Å²) in [6, 6.07) is 24.4. The zero-order chi connectivity index (χ0) is 38.2. The van der Waals surface area contributed by atoms with E-state index < -0.39 is 22.6 Å². The van der Waals surface area contributed by atoms with Crippen LogP contribution >= 0.6 is 23.5 Å². The van der Waals surface area contributed by atoms with Gasteiger partial charge in [-0.2, -0.15) is 0 Å². The number of benzene rings is 4. The second-order valence-corrected chi connectivity index (χ2v) is 14.3. The number of phenols is 2. The minimum Gasteiger partial charge on any atom is -0.504 e. The number of amides is 4. The van der Waals surface area contributed by atoms with Crippen molar-refractivity contribution in [2.24, 2.45) is 0 Å². The smallest absolute Gasteiger partial charge is 0.276 e. The Morgan fingerprint density at radius 2 is 1.04 bits per heavy atom. The number of carbonyl (C=O) groups excluding carboxylic acids is 4. The number of aromatic hydroxyl groups is 2. The largest absolute Gasteiger partial charge is 0.504 e. The fourth-order valence-corrected chi connectivity index (χ4v) is 7.90. The van der Waals surface area contributed by atoms with E-state index in [9.17, 15) is 29.4 Å². The zero-order valence-electron chi connectivity index (χ0n) is 29.4. The van der Waals surface area contributed by atoms with E-state index in [0.29, 0.717) is 22.6 Å². The maximum Gasteiger partial charge on any atom is 0.276 e. The predicted molar refractivity (Wildman–Crippen MR) is 201 cm³/mol. The van der Waals surface area contributed by atoms with Crippen molar-refractivity contribution in [3.8, 4) is 34.5 Å². The van der Waals surface area contributed by atoms with Gasteiger partial charge in [0, 0.05) is 0 Å². The second kappa shape index (κ2) is 17.4. The maximum absolute atomic E-state index is 12.7. The third-order valence-electron chi connectivity index (χ3n) is 8.49. The molecule has 0 aromatic heterocycles. The van der Waals surface area contributed by atoms with Crippen LogP contribution in [0.5, 0.6) is 34.5 Å². The van der Waals surface area contributed by atoms with Crippen LogP contribution in [0.2, 0.25) is 0 Å². The van der Waals surface area contributed by atoms with E-state index in [1.165, 1.54) is 59.9 Å². The van der Waals surface area contributed by atoms with Crippen molar-refractivity contribution < 1.29 is 48.3 Å². The maximum atomic E-state index is 12.7. The molecule has 2 aliphatic rings. The van der Waals surface area contributed by atoms with Crippen LogP contribution in [-0.4, -0.2) is 82.8 Å². The normalized spacial score (nSPS) is 16.6. The number of nitrogens with zero attached hydrogens (tertiary/aromatic N) is 2. The summed E-state index contributed by atoms with van der Waals surface area (Å²) in [5.74, 6) is 0.428. The lowest BCUT2D eigenvalue weighted by atomic mass is 10.0. The average molecular weight is 775 g/mol. The van der Waals surface area contributed by atoms with Crippen molar-refractivity contribution in [1.29, 1.82) is 0 Å². The number of hydrogen-bond acceptors (Lipinski definition) is 12. The van der Waals surface area contributed by atoms with Crippen molar-refractivity contribution in [1.82, 2.24) is 20.9 Å². The van der Waals surface area contributed by atoms with Crippen LogP contribution in [0.15, 0.2) is 84.9 Å². The Morgan fingerprint density at radius 3 is 1.41 bits per heavy atom. The van der Waals surface area contributed by atoms with E-state index in [1.807, 2.05) is 24.3 Å². The number of carbonyl (C=O) groups is 4. The zero-order valence-corrected chi connectivity index (χ0v) is 31.0. The Labute approximate surface area is 319 Å². The van der Waals surface area contributed by atoms with E-state index in [0.717, 1.165) is 24.0 Å². The van der Waals surface area contributed by atoms with Gasteiger partial charge in [-0.25, -0.2) is 10.0 Å². The van der Waals surface area contributed by atoms with Gasteiger partial charge in [0.15, 0.2) is 36.2 Å². The van der Waals surface area contributed by atoms with E-state index in [1.54, 1.807) is 48.5 Å². The number of phenolic OH excluding ortho intramolecular Hbond substituents is 2. The molecule has 6 rings (SSSR count). The third kappa shape index (κ3) is 9.24. The predicted octanol–water partition coefficient (Wildman–Crippen LogP) is 4.27. The molecule has 54 heavy (non-hydrogen) atoms. The first-order valence-electron chi connectivity index (χ1n) is 16.8. The molecule has 2 saturated heterocycles. The molecule has 2 fully saturated rings. The molecule has 2 aliphatic heterocycles. The number of aryl methyl sites for hydroxylation is 2. The molecule has 282 valence electrons. The molecule has 0 bridgehead atoms. The Kier molecular flexibility index (Phi) is 12.2. The molecule has 0 saturated carbocycles. The second-order valence-electron chi connectivity index (χ2n) is 12.2. The lowest BCUT2D eigenvalue weighted by Crippen LogP contribution is -2.46. The average Bonchev–Trinajstić information content (AvgIpc) is 3.73. The van der Waals surface area contributed by atoms with Gasteiger partial charge in [0.25, 0.3) is 23.6 Å². The van der Waals surface area contributed by atoms with Gasteiger partial charge >= 0.3 is 0 Å². The van der Waals surface area contributed by atoms with Crippen molar-refractivity contribution in [2.45, 2.75) is 23.6 Å². The van der Waals surface area contributed by atoms with Gasteiger partial charge < -0.3 is 29.2 Å². The van der Waals surface area contributed by atoms with Crippen LogP contribution in [0.1, 0.15) is 33.0 Å². The molecule has 0 radical (unpaired) electrons. The third-order valence-corrected chi connectivity index (χ3v) is 10.9. The van der Waals surface area contributed by atoms with Crippen LogP contribution < -0.4 is 29.8 Å². The summed E-state index contributed by atoms with van der Waals surface area (Å²) in [5, 5.41) is 21.4. The molecule has 2 unspecified atom stereocenters. The van der Waals surface area contributed by atoms with Crippen molar-refractivity contribution in [2.75, 3.05) is 38.9 Å². The highest BCUT2D eigenvalue weighted by Gasteiger charge is 2.36. The highest BCUT2D eigenvalue weighted by molar-refractivity contribution is 8.00. The summed E-state index contributed by atoms with van der Waals surface area (Å²) in [5.41, 5.74) is 8.80. The minimum atomic E-state index is -0.486. The molecule has 4 aromatic rings. The summed E-state index contributed by atoms with van der Waals surface area (Å²) < 4.78 is 21.7. The summed E-state index contributed by atoms with van der Waals surface area (Å²) in [6.07, 6.45) is 1.50. The first-order chi connectivity index (χ1) is 26.1. The summed E-state index contributed by atoms with van der Waals surface area (Å²) in [6.45, 7) is -0.582. The molecule has 0 spiro atoms. The van der Waals surface area contributed by atoms with E-state index in [-0.39, 0.29) is 59.5 Å². The van der Waals surface area contributed by atoms with Crippen molar-refractivity contribution >= 4 is 47.2 Å². The van der Waals surface area contributed by atoms with Crippen molar-refractivity contribution in [3.63, 3.8) is 0 Å². The van der Waals surface area contributed by atoms with Gasteiger partial charge in [0.2, 0.25) is 0 Å². The molecule has 14 nitrogen and oxygen atoms in total. The summed E-state index contributed by atoms with van der Waals surface area (Å²) in [4.78, 5) is 50.5. The van der Waals surface area contributed by atoms with Crippen LogP contribution in [0.3, 0.4) is 0 Å². The molecule has 16 heteroatoms. The fourth-order valence-electron chi connectivity index (χ4n) is 5.70. The van der Waals surface area contributed by atoms with E-state index in [2.05, 4.69) is 10.9 Å². The molecule has 2 heterocycles. The number of thioether (sulfide) groups is 2. The monoisotopic (exact) mass is 774 g/mol. The Bertz CT molecular complexity index is 1850. The lowest BCUT2D eigenvalue weighted by Gasteiger charge is -2.25. The first-order valence-corrected chi connectivity index (χ1v) is 18.8. The Balaban J connectivity index is 0.923. The number of hydrogen-bond donors (Lipinski definition) is 4. The summed E-state index contributed by atoms with van der Waals surface area (Å²) in [7, 11) is 2.88. The van der Waals surface area contributed by atoms with E-state index >= 15 is 0 Å². The van der Waals surface area contributed by atoms with Gasteiger partial charge in [-0.3, -0.25) is 30.0 Å². The molecular formula is C38H38N4O10S2. The lowest BCUT2D eigenvalue weighted by molar-refractivity contribution is -0.140. The number of hydrazine groups is 2. The number of methoxy groups -OCH3 is 2. The standard InChI is InChI=1S/C38H38N4O10S2/c1-49-31-17-25(9-15-29(31)43)37-41(35(47)21-53-37)39-33(45)19-51-27-11-5-23(6-12-27)3-4-24-7-13-28(14-8-24)52-20-34(46)40-42-36(48)22-54-38(42)26-10-16-30(44)32(18-26)50-2/h5-18,37-38,43-44H,3-4,19-22H2,1-2H3,(H,39,45)(H,40,46). The van der Waals surface area contributed by atoms with E-state index in [4.69, 9.17) is 18.9 Å². The summed E-state index contributed by atoms with van der Waals surface area (Å²) >= 11 is 2.70. The van der Waals surface area contributed by atoms with Crippen LogP contribution in [0.25, 0.3) is 0 Å². The van der Waals surface area contributed by atoms with Crippen LogP contribution in [0.4, 0.5) is 0 Å². The van der Waals surface area contributed by atoms with Gasteiger partial charge in [-0.05, 0) is 83.6 Å². The molecule has 4 amide bonds. The Morgan fingerprint density at radius 1 is 0.648 bits per heavy atom. The van der Waals surface area contributed by atoms with Gasteiger partial charge in [0.1, 0.15) is 22.2 Å². The number of nitrogens with one attached hydrogen (secondary N) is 2. The van der Waals surface area contributed by atoms with Crippen LogP contribution in [-0.2, 0) is 32.0 Å². The molecule has 2 atom stereocenters. The molecular weight excluding hydrogens is 737 g/mol. The number of rotatable bonds is 15. The fraction of sp³-hybridized carbons (Fsp3) is 0.263. The molecule has 0 aliphatic carbocycles. The molecule has 4 aromatic carbocycles. The SMILES string of the molecule is COc1cc(C2SCC(=O)N2NC(=O)COc2ccc(CCc3ccc(OCC(=O)NN4C(=O)CSC4c4ccc(O)c(OC)c4)cc3)cc2)ccc1O. The van der Waals surface area contributed by atoms with Gasteiger partial charge in [-0.15, -0.1) is 23.5 Å². The topological polar surface area (TPSA) is 176 Å². The van der Waals surface area contributed by atoms with Crippen LogP contribution in [0, 0.1) is 0 Å². The number of ether oxygens (including phenoxy) is 4. The minimum absolute atomic E-state index is 0.0193. The highest BCUT2D eigenvalue weighted by Crippen LogP contribution is 2.41. The van der Waals surface area contributed by atoms with Gasteiger partial charge in [0.05, 0.1) is 25.7 Å². The Hall–Kier alpha value is -5.74. The first kappa shape index (κ1) is 38.0. The quantitative estimate of drug-likeness (QED) is 0.135. The van der Waals surface area contributed by atoms with Crippen molar-refractivity contribution in [3.05, 3.63) is 107 Å². The van der Waals surface area contributed by atoms with Gasteiger partial charge in [-0.1, -0.05) is 36.4 Å². The highest BCUT2D eigenvalue weighted by atomic mass is 32.2. The molecule has 4 N–H and O–H groups in total.